The summed E-state index contributed by atoms with van der Waals surface area (Å²) in [4.78, 5) is 23.5. The monoisotopic (exact) mass is 356 g/mol. The maximum atomic E-state index is 12.2. The predicted molar refractivity (Wildman–Crippen MR) is 85.2 cm³/mol. The molecule has 1 amide bonds. The molecular weight excluding hydrogens is 336 g/mol. The van der Waals surface area contributed by atoms with E-state index in [0.717, 1.165) is 6.42 Å². The van der Waals surface area contributed by atoms with Gasteiger partial charge in [-0.25, -0.2) is 17.9 Å². The van der Waals surface area contributed by atoms with Crippen LogP contribution in [-0.2, 0) is 19.6 Å². The van der Waals surface area contributed by atoms with Crippen LogP contribution in [0, 0.1) is 0 Å². The van der Waals surface area contributed by atoms with E-state index in [2.05, 4.69) is 10.0 Å². The number of aliphatic carboxylic acids is 1. The summed E-state index contributed by atoms with van der Waals surface area (Å²) in [6, 6.07) is 5.32. The molecule has 0 radical (unpaired) electrons. The number of benzene rings is 1. The highest BCUT2D eigenvalue weighted by Crippen LogP contribution is 2.32. The first-order valence-electron chi connectivity index (χ1n) is 7.45. The summed E-state index contributed by atoms with van der Waals surface area (Å²) < 4.78 is 31.2. The van der Waals surface area contributed by atoms with Crippen LogP contribution in [0.15, 0.2) is 29.2 Å². The summed E-state index contributed by atoms with van der Waals surface area (Å²) in [5, 5.41) is 11.7. The highest BCUT2D eigenvalue weighted by atomic mass is 32.2. The molecule has 1 aliphatic rings. The number of methoxy groups -OCH3 is 1. The van der Waals surface area contributed by atoms with Crippen LogP contribution < -0.4 is 10.0 Å². The van der Waals surface area contributed by atoms with Crippen LogP contribution in [0.2, 0.25) is 0 Å². The third-order valence-electron chi connectivity index (χ3n) is 3.99. The topological polar surface area (TPSA) is 122 Å². The van der Waals surface area contributed by atoms with E-state index in [1.807, 2.05) is 0 Å². The van der Waals surface area contributed by atoms with Gasteiger partial charge in [0.05, 0.1) is 11.5 Å². The zero-order valence-corrected chi connectivity index (χ0v) is 14.1. The lowest BCUT2D eigenvalue weighted by Crippen LogP contribution is -2.59. The number of carboxylic acid groups (broad SMARTS) is 1. The zero-order chi connectivity index (χ0) is 17.8. The van der Waals surface area contributed by atoms with Crippen molar-refractivity contribution in [2.45, 2.75) is 29.7 Å². The Bertz CT molecular complexity index is 710. The van der Waals surface area contributed by atoms with Crippen LogP contribution in [0.5, 0.6) is 0 Å². The highest BCUT2D eigenvalue weighted by molar-refractivity contribution is 7.89. The molecule has 0 heterocycles. The van der Waals surface area contributed by atoms with E-state index in [9.17, 15) is 23.1 Å². The van der Waals surface area contributed by atoms with E-state index in [1.54, 1.807) is 0 Å². The van der Waals surface area contributed by atoms with Crippen molar-refractivity contribution in [1.29, 1.82) is 0 Å². The number of hydrogen-bond acceptors (Lipinski definition) is 5. The van der Waals surface area contributed by atoms with Crippen molar-refractivity contribution in [3.05, 3.63) is 29.8 Å². The molecule has 1 saturated carbocycles. The lowest BCUT2D eigenvalue weighted by atomic mass is 9.76. The first-order valence-corrected chi connectivity index (χ1v) is 8.94. The van der Waals surface area contributed by atoms with Gasteiger partial charge in [-0.15, -0.1) is 0 Å². The Morgan fingerprint density at radius 2 is 1.88 bits per heavy atom. The van der Waals surface area contributed by atoms with Crippen molar-refractivity contribution in [3.8, 4) is 0 Å². The molecule has 3 N–H and O–H groups in total. The Morgan fingerprint density at radius 3 is 2.33 bits per heavy atom. The van der Waals surface area contributed by atoms with Crippen molar-refractivity contribution in [2.75, 3.05) is 20.3 Å². The van der Waals surface area contributed by atoms with E-state index in [1.165, 1.54) is 31.4 Å². The second kappa shape index (κ2) is 7.29. The molecule has 24 heavy (non-hydrogen) atoms. The molecule has 0 aliphatic heterocycles. The van der Waals surface area contributed by atoms with E-state index >= 15 is 0 Å². The average molecular weight is 356 g/mol. The zero-order valence-electron chi connectivity index (χ0n) is 13.2. The number of carbonyl (C=O) groups is 2. The molecule has 0 atom stereocenters. The Hall–Kier alpha value is -1.97. The van der Waals surface area contributed by atoms with Crippen molar-refractivity contribution < 1.29 is 27.9 Å². The van der Waals surface area contributed by atoms with Crippen molar-refractivity contribution in [1.82, 2.24) is 10.0 Å². The minimum Gasteiger partial charge on any atom is -0.480 e. The molecule has 0 saturated heterocycles. The van der Waals surface area contributed by atoms with Crippen LogP contribution in [-0.4, -0.2) is 51.2 Å². The quantitative estimate of drug-likeness (QED) is 0.578. The van der Waals surface area contributed by atoms with Crippen LogP contribution >= 0.6 is 0 Å². The lowest BCUT2D eigenvalue weighted by Gasteiger charge is -2.38. The molecule has 0 bridgehead atoms. The maximum Gasteiger partial charge on any atom is 0.329 e. The molecule has 132 valence electrons. The SMILES string of the molecule is COCCNS(=O)(=O)c1ccc(C(=O)NC2(C(=O)O)CCC2)cc1. The summed E-state index contributed by atoms with van der Waals surface area (Å²) >= 11 is 0. The van der Waals surface area contributed by atoms with E-state index in [0.29, 0.717) is 12.8 Å². The van der Waals surface area contributed by atoms with Crippen LogP contribution in [0.25, 0.3) is 0 Å². The van der Waals surface area contributed by atoms with Crippen molar-refractivity contribution >= 4 is 21.9 Å². The van der Waals surface area contributed by atoms with Crippen LogP contribution in [0.4, 0.5) is 0 Å². The second-order valence-electron chi connectivity index (χ2n) is 5.61. The number of nitrogens with one attached hydrogen (secondary N) is 2. The van der Waals surface area contributed by atoms with Gasteiger partial charge in [0.15, 0.2) is 0 Å². The largest absolute Gasteiger partial charge is 0.480 e. The molecule has 1 aliphatic carbocycles. The molecule has 9 heteroatoms. The van der Waals surface area contributed by atoms with Gasteiger partial charge in [-0.05, 0) is 43.5 Å². The van der Waals surface area contributed by atoms with E-state index in [4.69, 9.17) is 4.74 Å². The first-order chi connectivity index (χ1) is 11.3. The van der Waals surface area contributed by atoms with Gasteiger partial charge in [0.25, 0.3) is 5.91 Å². The average Bonchev–Trinajstić information content (AvgIpc) is 2.50. The number of ether oxygens (including phenoxy) is 1. The summed E-state index contributed by atoms with van der Waals surface area (Å²) in [5.41, 5.74) is -0.998. The Kier molecular flexibility index (Phi) is 5.58. The number of carboxylic acids is 1. The fourth-order valence-corrected chi connectivity index (χ4v) is 3.37. The standard InChI is InChI=1S/C15H20N2O6S/c1-23-10-9-16-24(21,22)12-5-3-11(4-6-12)13(18)17-15(14(19)20)7-2-8-15/h3-6,16H,2,7-10H2,1H3,(H,17,18)(H,19,20). The van der Waals surface area contributed by atoms with Gasteiger partial charge >= 0.3 is 5.97 Å². The van der Waals surface area contributed by atoms with E-state index in [-0.39, 0.29) is 23.6 Å². The fraction of sp³-hybridized carbons (Fsp3) is 0.467. The van der Waals surface area contributed by atoms with Crippen LogP contribution in [0.1, 0.15) is 29.6 Å². The Balaban J connectivity index is 2.06. The first kappa shape index (κ1) is 18.4. The number of amides is 1. The molecule has 1 aromatic carbocycles. The van der Waals surface area contributed by atoms with Gasteiger partial charge in [-0.3, -0.25) is 4.79 Å². The van der Waals surface area contributed by atoms with Gasteiger partial charge < -0.3 is 15.2 Å². The van der Waals surface area contributed by atoms with Gasteiger partial charge in [0.1, 0.15) is 5.54 Å². The van der Waals surface area contributed by atoms with Gasteiger partial charge in [-0.1, -0.05) is 0 Å². The second-order valence-corrected chi connectivity index (χ2v) is 7.38. The smallest absolute Gasteiger partial charge is 0.329 e. The number of rotatable bonds is 8. The minimum atomic E-state index is -3.67. The molecule has 8 nitrogen and oxygen atoms in total. The molecule has 1 fully saturated rings. The fourth-order valence-electron chi connectivity index (χ4n) is 2.36. The van der Waals surface area contributed by atoms with Gasteiger partial charge in [-0.2, -0.15) is 0 Å². The predicted octanol–water partition coefficient (Wildman–Crippen LogP) is 0.348. The summed E-state index contributed by atoms with van der Waals surface area (Å²) in [6.07, 6.45) is 1.53. The molecule has 0 spiro atoms. The van der Waals surface area contributed by atoms with Gasteiger partial charge in [0.2, 0.25) is 10.0 Å². The molecule has 0 aromatic heterocycles. The van der Waals surface area contributed by atoms with Crippen molar-refractivity contribution in [2.24, 2.45) is 0 Å². The highest BCUT2D eigenvalue weighted by Gasteiger charge is 2.45. The number of carbonyl (C=O) groups excluding carboxylic acids is 1. The lowest BCUT2D eigenvalue weighted by molar-refractivity contribution is -0.148. The third-order valence-corrected chi connectivity index (χ3v) is 5.47. The molecular formula is C15H20N2O6S. The minimum absolute atomic E-state index is 0.0201. The van der Waals surface area contributed by atoms with Gasteiger partial charge in [0, 0.05) is 19.2 Å². The number of hydrogen-bond donors (Lipinski definition) is 3. The summed E-state index contributed by atoms with van der Waals surface area (Å²) in [7, 11) is -2.21. The maximum absolute atomic E-state index is 12.2. The normalized spacial score (nSPS) is 16.2. The molecule has 0 unspecified atom stereocenters. The Labute approximate surface area is 140 Å². The molecule has 2 rings (SSSR count). The van der Waals surface area contributed by atoms with E-state index < -0.39 is 27.4 Å². The van der Waals surface area contributed by atoms with Crippen LogP contribution in [0.3, 0.4) is 0 Å². The summed E-state index contributed by atoms with van der Waals surface area (Å²) in [6.45, 7) is 0.388. The van der Waals surface area contributed by atoms with Crippen molar-refractivity contribution in [3.63, 3.8) is 0 Å². The molecule has 1 aromatic rings. The Morgan fingerprint density at radius 1 is 1.25 bits per heavy atom. The third kappa shape index (κ3) is 3.92. The summed E-state index contributed by atoms with van der Waals surface area (Å²) in [5.74, 6) is -1.59. The number of sulfonamides is 1.